The summed E-state index contributed by atoms with van der Waals surface area (Å²) in [5.74, 6) is -0.687. The van der Waals surface area contributed by atoms with Gasteiger partial charge in [-0.1, -0.05) is 0 Å². The van der Waals surface area contributed by atoms with E-state index in [4.69, 9.17) is 0 Å². The number of hydrogen-bond acceptors (Lipinski definition) is 2. The quantitative estimate of drug-likeness (QED) is 0.889. The van der Waals surface area contributed by atoms with E-state index in [9.17, 15) is 13.6 Å². The molecule has 1 N–H and O–H groups in total. The van der Waals surface area contributed by atoms with Crippen LogP contribution in [0.25, 0.3) is 0 Å². The van der Waals surface area contributed by atoms with E-state index in [0.29, 0.717) is 18.0 Å². The minimum absolute atomic E-state index is 0.0179. The van der Waals surface area contributed by atoms with Crippen molar-refractivity contribution in [2.45, 2.75) is 19.0 Å². The molecule has 1 atom stereocenters. The van der Waals surface area contributed by atoms with Crippen molar-refractivity contribution in [2.24, 2.45) is 5.92 Å². The van der Waals surface area contributed by atoms with Gasteiger partial charge in [-0.3, -0.25) is 10.1 Å². The topological polar surface area (TPSA) is 32.3 Å². The first-order valence-corrected chi connectivity index (χ1v) is 6.13. The van der Waals surface area contributed by atoms with Crippen molar-refractivity contribution in [3.8, 4) is 0 Å². The van der Waals surface area contributed by atoms with Gasteiger partial charge in [0.25, 0.3) is 0 Å². The summed E-state index contributed by atoms with van der Waals surface area (Å²) in [6.45, 7) is 0.877. The van der Waals surface area contributed by atoms with E-state index >= 15 is 0 Å². The highest BCUT2D eigenvalue weighted by molar-refractivity contribution is 5.81. The number of nitrogens with zero attached hydrogens (tertiary/aromatic N) is 1. The fourth-order valence-corrected chi connectivity index (χ4v) is 2.33. The smallest absolute Gasteiger partial charge is 0.238 e. The lowest BCUT2D eigenvalue weighted by molar-refractivity contribution is -0.128. The van der Waals surface area contributed by atoms with Gasteiger partial charge in [0.05, 0.1) is 6.54 Å². The van der Waals surface area contributed by atoms with Crippen molar-refractivity contribution in [1.82, 2.24) is 10.2 Å². The summed E-state index contributed by atoms with van der Waals surface area (Å²) in [6.07, 6.45) is 1.80. The maximum Gasteiger partial charge on any atom is 0.238 e. The lowest BCUT2D eigenvalue weighted by atomic mass is 10.1. The van der Waals surface area contributed by atoms with Crippen LogP contribution in [0.3, 0.4) is 0 Å². The van der Waals surface area contributed by atoms with Crippen molar-refractivity contribution in [1.29, 1.82) is 0 Å². The molecule has 1 heterocycles. The number of rotatable bonds is 3. The molecule has 3 rings (SSSR count). The average Bonchev–Trinajstić information content (AvgIpc) is 3.06. The Morgan fingerprint density at radius 1 is 1.33 bits per heavy atom. The molecule has 1 aromatic carbocycles. The van der Waals surface area contributed by atoms with Crippen molar-refractivity contribution >= 4 is 5.91 Å². The SMILES string of the molecule is O=C1CNC(c2ccc(F)cc2F)N1CC1CC1. The third kappa shape index (κ3) is 2.10. The number of carbonyl (C=O) groups is 1. The molecular formula is C13H14F2N2O. The summed E-state index contributed by atoms with van der Waals surface area (Å²) in [5, 5.41) is 2.98. The summed E-state index contributed by atoms with van der Waals surface area (Å²) >= 11 is 0. The van der Waals surface area contributed by atoms with E-state index in [1.165, 1.54) is 12.1 Å². The number of carbonyl (C=O) groups excluding carboxylic acids is 1. The van der Waals surface area contributed by atoms with Crippen LogP contribution in [0.5, 0.6) is 0 Å². The Morgan fingerprint density at radius 2 is 2.11 bits per heavy atom. The van der Waals surface area contributed by atoms with Gasteiger partial charge in [-0.15, -0.1) is 0 Å². The zero-order valence-corrected chi connectivity index (χ0v) is 9.83. The van der Waals surface area contributed by atoms with E-state index in [0.717, 1.165) is 18.9 Å². The minimum atomic E-state index is -0.608. The Bertz CT molecular complexity index is 488. The van der Waals surface area contributed by atoms with Gasteiger partial charge in [-0.2, -0.15) is 0 Å². The normalized spacial score (nSPS) is 23.8. The van der Waals surface area contributed by atoms with Crippen LogP contribution in [-0.4, -0.2) is 23.9 Å². The summed E-state index contributed by atoms with van der Waals surface area (Å²) in [4.78, 5) is 13.4. The molecule has 1 saturated heterocycles. The van der Waals surface area contributed by atoms with Gasteiger partial charge in [0.2, 0.25) is 5.91 Å². The highest BCUT2D eigenvalue weighted by Crippen LogP contribution is 2.34. The molecule has 2 aliphatic rings. The van der Waals surface area contributed by atoms with Crippen LogP contribution < -0.4 is 5.32 Å². The average molecular weight is 252 g/mol. The molecule has 0 bridgehead atoms. The lowest BCUT2D eigenvalue weighted by Crippen LogP contribution is -2.32. The number of nitrogens with one attached hydrogen (secondary N) is 1. The van der Waals surface area contributed by atoms with Crippen LogP contribution in [-0.2, 0) is 4.79 Å². The Labute approximate surface area is 104 Å². The first-order chi connectivity index (χ1) is 8.65. The monoisotopic (exact) mass is 252 g/mol. The number of halogens is 2. The van der Waals surface area contributed by atoms with Crippen molar-refractivity contribution in [3.05, 3.63) is 35.4 Å². The van der Waals surface area contributed by atoms with Crippen LogP contribution in [0.2, 0.25) is 0 Å². The molecule has 1 saturated carbocycles. The standard InChI is InChI=1S/C13H14F2N2O/c14-9-3-4-10(11(15)5-9)13-16-6-12(18)17(13)7-8-1-2-8/h3-5,8,13,16H,1-2,6-7H2. The second kappa shape index (κ2) is 4.31. The number of hydrogen-bond donors (Lipinski definition) is 1. The lowest BCUT2D eigenvalue weighted by Gasteiger charge is -2.25. The van der Waals surface area contributed by atoms with Crippen LogP contribution >= 0.6 is 0 Å². The molecule has 1 amide bonds. The summed E-state index contributed by atoms with van der Waals surface area (Å²) in [5.41, 5.74) is 0.336. The minimum Gasteiger partial charge on any atom is -0.321 e. The molecule has 3 nitrogen and oxygen atoms in total. The van der Waals surface area contributed by atoms with E-state index in [1.54, 1.807) is 4.90 Å². The molecule has 0 spiro atoms. The van der Waals surface area contributed by atoms with E-state index in [-0.39, 0.29) is 12.5 Å². The molecule has 18 heavy (non-hydrogen) atoms. The van der Waals surface area contributed by atoms with Gasteiger partial charge in [-0.25, -0.2) is 8.78 Å². The largest absolute Gasteiger partial charge is 0.321 e. The zero-order valence-electron chi connectivity index (χ0n) is 9.83. The number of benzene rings is 1. The van der Waals surface area contributed by atoms with E-state index < -0.39 is 17.8 Å². The summed E-state index contributed by atoms with van der Waals surface area (Å²) in [6, 6.07) is 3.48. The van der Waals surface area contributed by atoms with Crippen LogP contribution in [0.15, 0.2) is 18.2 Å². The molecular weight excluding hydrogens is 238 g/mol. The molecule has 1 unspecified atom stereocenters. The zero-order chi connectivity index (χ0) is 12.7. The van der Waals surface area contributed by atoms with Gasteiger partial charge in [0.1, 0.15) is 17.8 Å². The molecule has 0 aromatic heterocycles. The fraction of sp³-hybridized carbons (Fsp3) is 0.462. The van der Waals surface area contributed by atoms with Crippen LogP contribution in [0.4, 0.5) is 8.78 Å². The van der Waals surface area contributed by atoms with Gasteiger partial charge < -0.3 is 4.90 Å². The molecule has 1 aliphatic heterocycles. The van der Waals surface area contributed by atoms with Crippen molar-refractivity contribution < 1.29 is 13.6 Å². The summed E-state index contributed by atoms with van der Waals surface area (Å²) < 4.78 is 26.6. The molecule has 1 aliphatic carbocycles. The van der Waals surface area contributed by atoms with Gasteiger partial charge in [-0.05, 0) is 30.9 Å². The van der Waals surface area contributed by atoms with Gasteiger partial charge in [0, 0.05) is 18.2 Å². The Morgan fingerprint density at radius 3 is 2.78 bits per heavy atom. The molecule has 1 aromatic rings. The van der Waals surface area contributed by atoms with E-state index in [2.05, 4.69) is 5.32 Å². The van der Waals surface area contributed by atoms with E-state index in [1.807, 2.05) is 0 Å². The number of amides is 1. The predicted octanol–water partition coefficient (Wildman–Crippen LogP) is 1.81. The fourth-order valence-electron chi connectivity index (χ4n) is 2.33. The summed E-state index contributed by atoms with van der Waals surface area (Å²) in [7, 11) is 0. The van der Waals surface area contributed by atoms with Crippen molar-refractivity contribution in [3.63, 3.8) is 0 Å². The molecule has 2 fully saturated rings. The molecule has 5 heteroatoms. The third-order valence-corrected chi connectivity index (χ3v) is 3.49. The van der Waals surface area contributed by atoms with Crippen LogP contribution in [0.1, 0.15) is 24.6 Å². The first-order valence-electron chi connectivity index (χ1n) is 6.13. The second-order valence-corrected chi connectivity index (χ2v) is 4.94. The highest BCUT2D eigenvalue weighted by Gasteiger charge is 2.36. The van der Waals surface area contributed by atoms with Gasteiger partial charge in [0.15, 0.2) is 0 Å². The predicted molar refractivity (Wildman–Crippen MR) is 61.5 cm³/mol. The molecule has 0 radical (unpaired) electrons. The van der Waals surface area contributed by atoms with Crippen LogP contribution in [0, 0.1) is 17.6 Å². The molecule has 96 valence electrons. The Hall–Kier alpha value is -1.49. The third-order valence-electron chi connectivity index (χ3n) is 3.49. The first kappa shape index (κ1) is 11.6. The Balaban J connectivity index is 1.86. The Kier molecular flexibility index (Phi) is 2.78. The maximum atomic E-state index is 13.7. The second-order valence-electron chi connectivity index (χ2n) is 4.94. The highest BCUT2D eigenvalue weighted by atomic mass is 19.1. The maximum absolute atomic E-state index is 13.7. The van der Waals surface area contributed by atoms with Gasteiger partial charge >= 0.3 is 0 Å². The van der Waals surface area contributed by atoms with Crippen molar-refractivity contribution in [2.75, 3.05) is 13.1 Å².